The SMILES string of the molecule is Cc1ccccc1CNC(=O)N1CCN(C)CC1c1ccccc1. The molecule has 1 aliphatic rings. The van der Waals surface area contributed by atoms with Crippen LogP contribution in [0, 0.1) is 6.92 Å². The quantitative estimate of drug-likeness (QED) is 0.941. The van der Waals surface area contributed by atoms with Crippen LogP contribution in [0.25, 0.3) is 0 Å². The van der Waals surface area contributed by atoms with Gasteiger partial charge in [0.15, 0.2) is 0 Å². The van der Waals surface area contributed by atoms with Gasteiger partial charge in [-0.05, 0) is 30.7 Å². The number of carbonyl (C=O) groups excluding carboxylic acids is 1. The molecule has 126 valence electrons. The van der Waals surface area contributed by atoms with Gasteiger partial charge in [-0.15, -0.1) is 0 Å². The van der Waals surface area contributed by atoms with Crippen molar-refractivity contribution in [3.63, 3.8) is 0 Å². The Morgan fingerprint density at radius 3 is 2.54 bits per heavy atom. The van der Waals surface area contributed by atoms with Crippen LogP contribution in [0.1, 0.15) is 22.7 Å². The van der Waals surface area contributed by atoms with Crippen LogP contribution in [0.4, 0.5) is 4.79 Å². The summed E-state index contributed by atoms with van der Waals surface area (Å²) in [5.41, 5.74) is 3.56. The average Bonchev–Trinajstić information content (AvgIpc) is 2.61. The van der Waals surface area contributed by atoms with Crippen molar-refractivity contribution >= 4 is 6.03 Å². The fraction of sp³-hybridized carbons (Fsp3) is 0.350. The molecule has 1 saturated heterocycles. The van der Waals surface area contributed by atoms with E-state index in [4.69, 9.17) is 0 Å². The second-order valence-corrected chi connectivity index (χ2v) is 6.47. The maximum atomic E-state index is 12.8. The van der Waals surface area contributed by atoms with Crippen LogP contribution < -0.4 is 5.32 Å². The average molecular weight is 323 g/mol. The molecule has 0 spiro atoms. The van der Waals surface area contributed by atoms with Crippen LogP contribution >= 0.6 is 0 Å². The number of carbonyl (C=O) groups is 1. The third kappa shape index (κ3) is 3.77. The molecule has 1 N–H and O–H groups in total. The maximum Gasteiger partial charge on any atom is 0.318 e. The number of aryl methyl sites for hydroxylation is 1. The lowest BCUT2D eigenvalue weighted by Gasteiger charge is -2.40. The minimum atomic E-state index is 0.0141. The summed E-state index contributed by atoms with van der Waals surface area (Å²) < 4.78 is 0. The summed E-state index contributed by atoms with van der Waals surface area (Å²) >= 11 is 0. The zero-order chi connectivity index (χ0) is 16.9. The van der Waals surface area contributed by atoms with Gasteiger partial charge in [-0.2, -0.15) is 0 Å². The van der Waals surface area contributed by atoms with E-state index >= 15 is 0 Å². The van der Waals surface area contributed by atoms with E-state index < -0.39 is 0 Å². The van der Waals surface area contributed by atoms with Gasteiger partial charge in [0.1, 0.15) is 0 Å². The van der Waals surface area contributed by atoms with Crippen LogP contribution in [-0.4, -0.2) is 42.5 Å². The first kappa shape index (κ1) is 16.5. The highest BCUT2D eigenvalue weighted by Gasteiger charge is 2.30. The van der Waals surface area contributed by atoms with E-state index in [-0.39, 0.29) is 12.1 Å². The van der Waals surface area contributed by atoms with Crippen LogP contribution in [0.5, 0.6) is 0 Å². The Morgan fingerprint density at radius 1 is 1.08 bits per heavy atom. The van der Waals surface area contributed by atoms with Crippen molar-refractivity contribution in [2.75, 3.05) is 26.7 Å². The molecule has 4 nitrogen and oxygen atoms in total. The highest BCUT2D eigenvalue weighted by Crippen LogP contribution is 2.24. The summed E-state index contributed by atoms with van der Waals surface area (Å²) in [7, 11) is 2.11. The Bertz CT molecular complexity index is 686. The van der Waals surface area contributed by atoms with Gasteiger partial charge in [0.05, 0.1) is 6.04 Å². The molecule has 0 radical (unpaired) electrons. The van der Waals surface area contributed by atoms with Crippen LogP contribution in [0.3, 0.4) is 0 Å². The first-order valence-electron chi connectivity index (χ1n) is 8.47. The van der Waals surface area contributed by atoms with E-state index in [2.05, 4.69) is 48.5 Å². The second-order valence-electron chi connectivity index (χ2n) is 6.47. The predicted molar refractivity (Wildman–Crippen MR) is 96.8 cm³/mol. The lowest BCUT2D eigenvalue weighted by molar-refractivity contribution is 0.108. The number of piperazine rings is 1. The third-order valence-corrected chi connectivity index (χ3v) is 4.72. The first-order chi connectivity index (χ1) is 11.6. The number of likely N-dealkylation sites (N-methyl/N-ethyl adjacent to an activating group) is 1. The summed E-state index contributed by atoms with van der Waals surface area (Å²) in [5, 5.41) is 3.09. The maximum absolute atomic E-state index is 12.8. The summed E-state index contributed by atoms with van der Waals surface area (Å²) in [6.45, 7) is 5.15. The normalized spacial score (nSPS) is 18.4. The Hall–Kier alpha value is -2.33. The summed E-state index contributed by atoms with van der Waals surface area (Å²) in [6, 6.07) is 18.6. The molecule has 1 unspecified atom stereocenters. The summed E-state index contributed by atoms with van der Waals surface area (Å²) in [5.74, 6) is 0. The highest BCUT2D eigenvalue weighted by atomic mass is 16.2. The monoisotopic (exact) mass is 323 g/mol. The molecule has 24 heavy (non-hydrogen) atoms. The number of nitrogens with one attached hydrogen (secondary N) is 1. The number of amides is 2. The second kappa shape index (κ2) is 7.49. The molecule has 1 heterocycles. The van der Waals surface area contributed by atoms with Crippen molar-refractivity contribution in [2.24, 2.45) is 0 Å². The molecule has 0 aromatic heterocycles. The highest BCUT2D eigenvalue weighted by molar-refractivity contribution is 5.75. The van der Waals surface area contributed by atoms with Crippen molar-refractivity contribution in [3.05, 3.63) is 71.3 Å². The summed E-state index contributed by atoms with van der Waals surface area (Å²) in [4.78, 5) is 17.0. The lowest BCUT2D eigenvalue weighted by atomic mass is 10.0. The molecule has 2 aromatic rings. The minimum absolute atomic E-state index is 0.0141. The number of urea groups is 1. The van der Waals surface area contributed by atoms with Crippen LogP contribution in [0.2, 0.25) is 0 Å². The Balaban J connectivity index is 1.71. The Labute approximate surface area is 144 Å². The molecular weight excluding hydrogens is 298 g/mol. The fourth-order valence-electron chi connectivity index (χ4n) is 3.20. The van der Waals surface area contributed by atoms with Gasteiger partial charge in [0.2, 0.25) is 0 Å². The van der Waals surface area contributed by atoms with E-state index in [1.165, 1.54) is 11.1 Å². The van der Waals surface area contributed by atoms with E-state index in [0.717, 1.165) is 25.2 Å². The number of hydrogen-bond acceptors (Lipinski definition) is 2. The van der Waals surface area contributed by atoms with E-state index in [0.29, 0.717) is 6.54 Å². The van der Waals surface area contributed by atoms with Gasteiger partial charge in [0.25, 0.3) is 0 Å². The smallest absolute Gasteiger partial charge is 0.318 e. The van der Waals surface area contributed by atoms with Crippen molar-refractivity contribution in [1.82, 2.24) is 15.1 Å². The number of hydrogen-bond donors (Lipinski definition) is 1. The zero-order valence-corrected chi connectivity index (χ0v) is 14.4. The number of benzene rings is 2. The van der Waals surface area contributed by atoms with Crippen LogP contribution in [0.15, 0.2) is 54.6 Å². The van der Waals surface area contributed by atoms with Gasteiger partial charge in [-0.3, -0.25) is 0 Å². The van der Waals surface area contributed by atoms with Crippen molar-refractivity contribution in [2.45, 2.75) is 19.5 Å². The molecule has 0 aliphatic carbocycles. The first-order valence-corrected chi connectivity index (χ1v) is 8.47. The molecule has 2 aromatic carbocycles. The zero-order valence-electron chi connectivity index (χ0n) is 14.4. The number of rotatable bonds is 3. The van der Waals surface area contributed by atoms with E-state index in [1.54, 1.807) is 0 Å². The standard InChI is InChI=1S/C20H25N3O/c1-16-8-6-7-11-18(16)14-21-20(24)23-13-12-22(2)15-19(23)17-9-4-3-5-10-17/h3-11,19H,12-15H2,1-2H3,(H,21,24). The molecule has 4 heteroatoms. The molecule has 1 fully saturated rings. The van der Waals surface area contributed by atoms with Gasteiger partial charge < -0.3 is 15.1 Å². The molecule has 0 saturated carbocycles. The van der Waals surface area contributed by atoms with Crippen molar-refractivity contribution < 1.29 is 4.79 Å². The van der Waals surface area contributed by atoms with Gasteiger partial charge in [-0.25, -0.2) is 4.79 Å². The Kier molecular flexibility index (Phi) is 5.16. The summed E-state index contributed by atoms with van der Waals surface area (Å²) in [6.07, 6.45) is 0. The third-order valence-electron chi connectivity index (χ3n) is 4.72. The largest absolute Gasteiger partial charge is 0.334 e. The van der Waals surface area contributed by atoms with Crippen molar-refractivity contribution in [3.8, 4) is 0 Å². The van der Waals surface area contributed by atoms with Gasteiger partial charge >= 0.3 is 6.03 Å². The minimum Gasteiger partial charge on any atom is -0.334 e. The molecular formula is C20H25N3O. The predicted octanol–water partition coefficient (Wildman–Crippen LogP) is 3.19. The van der Waals surface area contributed by atoms with Gasteiger partial charge in [0, 0.05) is 26.2 Å². The number of nitrogens with zero attached hydrogens (tertiary/aromatic N) is 2. The Morgan fingerprint density at radius 2 is 1.79 bits per heavy atom. The molecule has 0 bridgehead atoms. The molecule has 2 amide bonds. The van der Waals surface area contributed by atoms with Gasteiger partial charge in [-0.1, -0.05) is 54.6 Å². The molecule has 1 atom stereocenters. The molecule has 1 aliphatic heterocycles. The van der Waals surface area contributed by atoms with Crippen LogP contribution in [-0.2, 0) is 6.54 Å². The lowest BCUT2D eigenvalue weighted by Crippen LogP contribution is -2.52. The van der Waals surface area contributed by atoms with E-state index in [9.17, 15) is 4.79 Å². The van der Waals surface area contributed by atoms with E-state index in [1.807, 2.05) is 35.2 Å². The topological polar surface area (TPSA) is 35.6 Å². The fourth-order valence-corrected chi connectivity index (χ4v) is 3.20. The molecule has 3 rings (SSSR count). The van der Waals surface area contributed by atoms with Crippen molar-refractivity contribution in [1.29, 1.82) is 0 Å².